The van der Waals surface area contributed by atoms with Gasteiger partial charge in [-0.3, -0.25) is 4.79 Å². The summed E-state index contributed by atoms with van der Waals surface area (Å²) in [7, 11) is 1.28. The molecule has 0 bridgehead atoms. The highest BCUT2D eigenvalue weighted by atomic mass is 16.5. The van der Waals surface area contributed by atoms with E-state index in [2.05, 4.69) is 4.74 Å². The lowest BCUT2D eigenvalue weighted by Crippen LogP contribution is -2.36. The number of hydrogen-bond donors (Lipinski definition) is 0. The first-order chi connectivity index (χ1) is 5.16. The predicted octanol–water partition coefficient (Wildman–Crippen LogP) is 0.764. The van der Waals surface area contributed by atoms with Crippen LogP contribution in [0.25, 0.3) is 0 Å². The summed E-state index contributed by atoms with van der Waals surface area (Å²) in [5.74, 6) is -0.135. The second kappa shape index (κ2) is 2.90. The van der Waals surface area contributed by atoms with Gasteiger partial charge in [0.25, 0.3) is 0 Å². The second-order valence-electron chi connectivity index (χ2n) is 2.62. The normalized spacial score (nSPS) is 24.0. The van der Waals surface area contributed by atoms with Crippen LogP contribution in [0.1, 0.15) is 19.8 Å². The van der Waals surface area contributed by atoms with Crippen molar-refractivity contribution in [2.24, 2.45) is 0 Å². The molecule has 62 valence electrons. The number of hydrogen-bond acceptors (Lipinski definition) is 3. The Bertz CT molecular complexity index is 190. The Morgan fingerprint density at radius 3 is 2.73 bits per heavy atom. The van der Waals surface area contributed by atoms with Crippen LogP contribution in [0.3, 0.4) is 0 Å². The van der Waals surface area contributed by atoms with Gasteiger partial charge in [0.1, 0.15) is 0 Å². The predicted molar refractivity (Wildman–Crippen MR) is 37.9 cm³/mol. The number of imide groups is 1. The van der Waals surface area contributed by atoms with Crippen LogP contribution in [0.5, 0.6) is 0 Å². The summed E-state index contributed by atoms with van der Waals surface area (Å²) in [6, 6.07) is -0.00468. The van der Waals surface area contributed by atoms with Gasteiger partial charge in [-0.05, 0) is 13.3 Å². The fourth-order valence-corrected chi connectivity index (χ4v) is 1.21. The van der Waals surface area contributed by atoms with Crippen LogP contribution >= 0.6 is 0 Å². The number of ether oxygens (including phenoxy) is 1. The van der Waals surface area contributed by atoms with Crippen molar-refractivity contribution in [1.29, 1.82) is 0 Å². The van der Waals surface area contributed by atoms with Crippen molar-refractivity contribution in [3.8, 4) is 0 Å². The number of carbonyl (C=O) groups excluding carboxylic acids is 2. The van der Waals surface area contributed by atoms with Gasteiger partial charge in [-0.2, -0.15) is 0 Å². The van der Waals surface area contributed by atoms with E-state index in [-0.39, 0.29) is 11.9 Å². The minimum Gasteiger partial charge on any atom is -0.452 e. The summed E-state index contributed by atoms with van der Waals surface area (Å²) >= 11 is 0. The SMILES string of the molecule is COC(=O)N1C(=O)CCC1C. The Balaban J connectivity index is 2.68. The van der Waals surface area contributed by atoms with Crippen LogP contribution in [0.2, 0.25) is 0 Å². The lowest BCUT2D eigenvalue weighted by atomic mass is 10.2. The molecule has 11 heavy (non-hydrogen) atoms. The highest BCUT2D eigenvalue weighted by molar-refractivity contribution is 5.93. The zero-order valence-corrected chi connectivity index (χ0v) is 6.66. The molecule has 0 aromatic carbocycles. The zero-order chi connectivity index (χ0) is 8.43. The lowest BCUT2D eigenvalue weighted by molar-refractivity contribution is -0.126. The first-order valence-corrected chi connectivity index (χ1v) is 3.57. The van der Waals surface area contributed by atoms with Gasteiger partial charge in [0.15, 0.2) is 0 Å². The van der Waals surface area contributed by atoms with Crippen molar-refractivity contribution < 1.29 is 14.3 Å². The summed E-state index contributed by atoms with van der Waals surface area (Å²) < 4.78 is 4.44. The third-order valence-electron chi connectivity index (χ3n) is 1.86. The Kier molecular flexibility index (Phi) is 2.12. The van der Waals surface area contributed by atoms with Gasteiger partial charge in [-0.15, -0.1) is 0 Å². The molecule has 0 saturated carbocycles. The molecule has 1 aliphatic rings. The highest BCUT2D eigenvalue weighted by Gasteiger charge is 2.33. The van der Waals surface area contributed by atoms with Gasteiger partial charge >= 0.3 is 6.09 Å². The summed E-state index contributed by atoms with van der Waals surface area (Å²) in [5.41, 5.74) is 0. The molecule has 1 heterocycles. The average Bonchev–Trinajstić information content (AvgIpc) is 2.30. The van der Waals surface area contributed by atoms with Gasteiger partial charge in [0.05, 0.1) is 7.11 Å². The molecule has 1 fully saturated rings. The van der Waals surface area contributed by atoms with Crippen LogP contribution in [0.15, 0.2) is 0 Å². The van der Waals surface area contributed by atoms with E-state index in [1.807, 2.05) is 6.92 Å². The van der Waals surface area contributed by atoms with Crippen molar-refractivity contribution in [2.75, 3.05) is 7.11 Å². The summed E-state index contributed by atoms with van der Waals surface area (Å²) in [6.45, 7) is 1.84. The number of methoxy groups -OCH3 is 1. The van der Waals surface area contributed by atoms with E-state index >= 15 is 0 Å². The van der Waals surface area contributed by atoms with Crippen molar-refractivity contribution in [1.82, 2.24) is 4.90 Å². The van der Waals surface area contributed by atoms with Crippen LogP contribution in [0.4, 0.5) is 4.79 Å². The maximum absolute atomic E-state index is 11.0. The smallest absolute Gasteiger partial charge is 0.416 e. The molecule has 0 aliphatic carbocycles. The molecule has 1 unspecified atom stereocenters. The number of rotatable bonds is 0. The zero-order valence-electron chi connectivity index (χ0n) is 6.66. The summed E-state index contributed by atoms with van der Waals surface area (Å²) in [5, 5.41) is 0. The summed E-state index contributed by atoms with van der Waals surface area (Å²) in [6.07, 6.45) is 0.657. The van der Waals surface area contributed by atoms with E-state index in [4.69, 9.17) is 0 Å². The molecule has 4 heteroatoms. The van der Waals surface area contributed by atoms with Gasteiger partial charge < -0.3 is 4.74 Å². The molecule has 1 aliphatic heterocycles. The molecule has 0 aromatic heterocycles. The van der Waals surface area contributed by atoms with Crippen LogP contribution in [-0.2, 0) is 9.53 Å². The number of likely N-dealkylation sites (tertiary alicyclic amines) is 1. The molecule has 2 amide bonds. The topological polar surface area (TPSA) is 46.6 Å². The van der Waals surface area contributed by atoms with E-state index in [9.17, 15) is 9.59 Å². The quantitative estimate of drug-likeness (QED) is 0.521. The first kappa shape index (κ1) is 8.04. The van der Waals surface area contributed by atoms with Crippen LogP contribution < -0.4 is 0 Å². The minimum absolute atomic E-state index is 0.00468. The third-order valence-corrected chi connectivity index (χ3v) is 1.86. The van der Waals surface area contributed by atoms with Gasteiger partial charge in [0, 0.05) is 12.5 Å². The summed E-state index contributed by atoms with van der Waals surface area (Å²) in [4.78, 5) is 23.1. The number of carbonyl (C=O) groups is 2. The van der Waals surface area contributed by atoms with Crippen molar-refractivity contribution >= 4 is 12.0 Å². The molecular formula is C7H11NO3. The lowest BCUT2D eigenvalue weighted by Gasteiger charge is -2.16. The van der Waals surface area contributed by atoms with E-state index in [1.54, 1.807) is 0 Å². The molecule has 0 radical (unpaired) electrons. The number of nitrogens with zero attached hydrogens (tertiary/aromatic N) is 1. The van der Waals surface area contributed by atoms with Crippen LogP contribution in [-0.4, -0.2) is 30.1 Å². The van der Waals surface area contributed by atoms with Gasteiger partial charge in [0.2, 0.25) is 5.91 Å². The van der Waals surface area contributed by atoms with Crippen molar-refractivity contribution in [3.05, 3.63) is 0 Å². The minimum atomic E-state index is -0.542. The van der Waals surface area contributed by atoms with Crippen molar-refractivity contribution in [2.45, 2.75) is 25.8 Å². The van der Waals surface area contributed by atoms with Crippen LogP contribution in [0, 0.1) is 0 Å². The number of amides is 2. The Morgan fingerprint density at radius 2 is 2.36 bits per heavy atom. The Labute approximate surface area is 65.1 Å². The largest absolute Gasteiger partial charge is 0.452 e. The van der Waals surface area contributed by atoms with Gasteiger partial charge in [-0.25, -0.2) is 9.69 Å². The molecule has 4 nitrogen and oxygen atoms in total. The molecule has 1 atom stereocenters. The van der Waals surface area contributed by atoms with E-state index < -0.39 is 6.09 Å². The molecule has 1 saturated heterocycles. The second-order valence-corrected chi connectivity index (χ2v) is 2.62. The van der Waals surface area contributed by atoms with Gasteiger partial charge in [-0.1, -0.05) is 0 Å². The maximum Gasteiger partial charge on any atom is 0.416 e. The van der Waals surface area contributed by atoms with Crippen molar-refractivity contribution in [3.63, 3.8) is 0 Å². The average molecular weight is 157 g/mol. The standard InChI is InChI=1S/C7H11NO3/c1-5-3-4-6(9)8(5)7(10)11-2/h5H,3-4H2,1-2H3. The fourth-order valence-electron chi connectivity index (χ4n) is 1.21. The molecule has 1 rings (SSSR count). The van der Waals surface area contributed by atoms with E-state index in [0.717, 1.165) is 6.42 Å². The molecular weight excluding hydrogens is 146 g/mol. The third kappa shape index (κ3) is 1.34. The molecule has 0 N–H and O–H groups in total. The van der Waals surface area contributed by atoms with E-state index in [1.165, 1.54) is 12.0 Å². The highest BCUT2D eigenvalue weighted by Crippen LogP contribution is 2.18. The maximum atomic E-state index is 11.0. The molecule has 0 aromatic rings. The Morgan fingerprint density at radius 1 is 1.73 bits per heavy atom. The molecule has 0 spiro atoms. The first-order valence-electron chi connectivity index (χ1n) is 3.57. The fraction of sp³-hybridized carbons (Fsp3) is 0.714. The monoisotopic (exact) mass is 157 g/mol. The Hall–Kier alpha value is -1.06. The van der Waals surface area contributed by atoms with E-state index in [0.29, 0.717) is 6.42 Å².